The Hall–Kier alpha value is -2.05. The number of hydrogen-bond acceptors (Lipinski definition) is 6. The first kappa shape index (κ1) is 16.8. The Bertz CT molecular complexity index is 707. The van der Waals surface area contributed by atoms with E-state index in [1.165, 1.54) is 5.69 Å². The lowest BCUT2D eigenvalue weighted by Gasteiger charge is -2.41. The quantitative estimate of drug-likeness (QED) is 0.901. The third-order valence-electron chi connectivity index (χ3n) is 4.75. The van der Waals surface area contributed by atoms with Gasteiger partial charge in [0.1, 0.15) is 0 Å². The number of fused-ring (bicyclic) bond motifs is 1. The second kappa shape index (κ2) is 7.23. The molecule has 0 amide bonds. The molecule has 1 aromatic heterocycles. The highest BCUT2D eigenvalue weighted by Crippen LogP contribution is 2.36. The molecule has 0 saturated carbocycles. The molecule has 1 atom stereocenters. The second-order valence-corrected chi connectivity index (χ2v) is 6.17. The van der Waals surface area contributed by atoms with E-state index in [9.17, 15) is 0 Å². The van der Waals surface area contributed by atoms with Crippen molar-refractivity contribution in [1.29, 1.82) is 0 Å². The zero-order valence-electron chi connectivity index (χ0n) is 14.7. The summed E-state index contributed by atoms with van der Waals surface area (Å²) in [4.78, 5) is 9.37. The fraction of sp³-hybridized carbons (Fsp3) is 0.500. The number of hydrogen-bond donors (Lipinski definition) is 1. The van der Waals surface area contributed by atoms with Crippen LogP contribution in [-0.2, 0) is 0 Å². The van der Waals surface area contributed by atoms with E-state index >= 15 is 0 Å². The van der Waals surface area contributed by atoms with E-state index in [-0.39, 0.29) is 0 Å². The van der Waals surface area contributed by atoms with Gasteiger partial charge < -0.3 is 20.1 Å². The molecule has 0 bridgehead atoms. The average molecular weight is 330 g/mol. The van der Waals surface area contributed by atoms with E-state index in [0.717, 1.165) is 42.8 Å². The lowest BCUT2D eigenvalue weighted by atomic mass is 10.1. The number of nitrogens with zero attached hydrogens (tertiary/aromatic N) is 3. The van der Waals surface area contributed by atoms with Crippen LogP contribution >= 0.6 is 0 Å². The van der Waals surface area contributed by atoms with Gasteiger partial charge in [-0.1, -0.05) is 0 Å². The molecular weight excluding hydrogens is 304 g/mol. The zero-order chi connectivity index (χ0) is 17.1. The molecule has 6 nitrogen and oxygen atoms in total. The molecule has 3 rings (SSSR count). The minimum absolute atomic E-state index is 0.477. The second-order valence-electron chi connectivity index (χ2n) is 6.17. The summed E-state index contributed by atoms with van der Waals surface area (Å²) in [5.41, 5.74) is 7.83. The molecule has 1 aliphatic heterocycles. The van der Waals surface area contributed by atoms with Crippen LogP contribution < -0.4 is 20.1 Å². The van der Waals surface area contributed by atoms with Crippen LogP contribution in [0.15, 0.2) is 24.4 Å². The largest absolute Gasteiger partial charge is 0.493 e. The number of pyridine rings is 1. The lowest BCUT2D eigenvalue weighted by molar-refractivity contribution is 0.195. The third-order valence-corrected chi connectivity index (χ3v) is 4.75. The van der Waals surface area contributed by atoms with Gasteiger partial charge in [-0.15, -0.1) is 0 Å². The fourth-order valence-electron chi connectivity index (χ4n) is 3.45. The van der Waals surface area contributed by atoms with Crippen LogP contribution in [-0.4, -0.2) is 62.9 Å². The highest BCUT2D eigenvalue weighted by molar-refractivity contribution is 5.94. The van der Waals surface area contributed by atoms with Gasteiger partial charge >= 0.3 is 0 Å². The maximum absolute atomic E-state index is 5.71. The van der Waals surface area contributed by atoms with Crippen molar-refractivity contribution in [3.05, 3.63) is 24.4 Å². The van der Waals surface area contributed by atoms with Crippen LogP contribution in [0.5, 0.6) is 11.5 Å². The standard InChI is InChI=1S/C18H26N4O2/c1-13-12-22(9-8-21(13)7-5-19)16-4-6-20-15-11-18(24-3)17(23-2)10-14(15)16/h4,6,10-11,13H,5,7-9,12,19H2,1-3H3. The Labute approximate surface area is 143 Å². The summed E-state index contributed by atoms with van der Waals surface area (Å²) >= 11 is 0. The lowest BCUT2D eigenvalue weighted by Crippen LogP contribution is -2.53. The summed E-state index contributed by atoms with van der Waals surface area (Å²) in [5.74, 6) is 1.44. The number of nitrogens with two attached hydrogens (primary N) is 1. The summed E-state index contributed by atoms with van der Waals surface area (Å²) in [6.07, 6.45) is 1.86. The minimum atomic E-state index is 0.477. The molecule has 1 unspecified atom stereocenters. The summed E-state index contributed by atoms with van der Waals surface area (Å²) in [6, 6.07) is 6.52. The highest BCUT2D eigenvalue weighted by atomic mass is 16.5. The molecule has 24 heavy (non-hydrogen) atoms. The first-order valence-electron chi connectivity index (χ1n) is 8.37. The van der Waals surface area contributed by atoms with Gasteiger partial charge in [0.2, 0.25) is 0 Å². The molecule has 0 spiro atoms. The molecule has 2 aromatic rings. The number of piperazine rings is 1. The molecule has 0 aliphatic carbocycles. The van der Waals surface area contributed by atoms with E-state index in [2.05, 4.69) is 27.8 Å². The van der Waals surface area contributed by atoms with Crippen LogP contribution in [0.2, 0.25) is 0 Å². The number of aromatic nitrogens is 1. The third kappa shape index (κ3) is 3.12. The van der Waals surface area contributed by atoms with Crippen molar-refractivity contribution in [2.24, 2.45) is 5.73 Å². The van der Waals surface area contributed by atoms with E-state index in [1.807, 2.05) is 18.3 Å². The van der Waals surface area contributed by atoms with Crippen LogP contribution in [0, 0.1) is 0 Å². The van der Waals surface area contributed by atoms with Crippen molar-refractivity contribution in [1.82, 2.24) is 9.88 Å². The van der Waals surface area contributed by atoms with Crippen molar-refractivity contribution < 1.29 is 9.47 Å². The van der Waals surface area contributed by atoms with Crippen molar-refractivity contribution in [2.75, 3.05) is 51.8 Å². The zero-order valence-corrected chi connectivity index (χ0v) is 14.7. The van der Waals surface area contributed by atoms with Gasteiger partial charge in [-0.25, -0.2) is 0 Å². The normalized spacial score (nSPS) is 18.8. The Kier molecular flexibility index (Phi) is 5.06. The maximum atomic E-state index is 5.71. The number of benzene rings is 1. The molecule has 1 aromatic carbocycles. The molecule has 1 saturated heterocycles. The molecular formula is C18H26N4O2. The van der Waals surface area contributed by atoms with E-state index in [0.29, 0.717) is 18.3 Å². The summed E-state index contributed by atoms with van der Waals surface area (Å²) in [5, 5.41) is 1.09. The van der Waals surface area contributed by atoms with E-state index in [4.69, 9.17) is 15.2 Å². The maximum Gasteiger partial charge on any atom is 0.162 e. The van der Waals surface area contributed by atoms with Gasteiger partial charge in [0.15, 0.2) is 11.5 Å². The molecule has 6 heteroatoms. The predicted molar refractivity (Wildman–Crippen MR) is 97.1 cm³/mol. The minimum Gasteiger partial charge on any atom is -0.493 e. The first-order valence-corrected chi connectivity index (χ1v) is 8.37. The van der Waals surface area contributed by atoms with Crippen LogP contribution in [0.1, 0.15) is 6.92 Å². The molecule has 2 heterocycles. The summed E-state index contributed by atoms with van der Waals surface area (Å²) < 4.78 is 10.9. The highest BCUT2D eigenvalue weighted by Gasteiger charge is 2.24. The number of methoxy groups -OCH3 is 2. The van der Waals surface area contributed by atoms with Crippen molar-refractivity contribution in [3.8, 4) is 11.5 Å². The molecule has 130 valence electrons. The Balaban J connectivity index is 1.95. The van der Waals surface area contributed by atoms with Crippen LogP contribution in [0.3, 0.4) is 0 Å². The van der Waals surface area contributed by atoms with Gasteiger partial charge in [0.05, 0.1) is 19.7 Å². The topological polar surface area (TPSA) is 63.9 Å². The molecule has 1 aliphatic rings. The van der Waals surface area contributed by atoms with Gasteiger partial charge in [0.25, 0.3) is 0 Å². The molecule has 2 N–H and O–H groups in total. The Morgan fingerprint density at radius 3 is 2.62 bits per heavy atom. The number of rotatable bonds is 5. The van der Waals surface area contributed by atoms with E-state index < -0.39 is 0 Å². The van der Waals surface area contributed by atoms with Gasteiger partial charge in [0, 0.05) is 62.1 Å². The fourth-order valence-corrected chi connectivity index (χ4v) is 3.45. The molecule has 1 fully saturated rings. The molecule has 0 radical (unpaired) electrons. The number of anilines is 1. The van der Waals surface area contributed by atoms with Gasteiger partial charge in [-0.3, -0.25) is 9.88 Å². The monoisotopic (exact) mass is 330 g/mol. The van der Waals surface area contributed by atoms with Crippen LogP contribution in [0.25, 0.3) is 10.9 Å². The Morgan fingerprint density at radius 2 is 1.96 bits per heavy atom. The average Bonchev–Trinajstić information content (AvgIpc) is 2.61. The van der Waals surface area contributed by atoms with Crippen LogP contribution in [0.4, 0.5) is 5.69 Å². The number of ether oxygens (including phenoxy) is 2. The van der Waals surface area contributed by atoms with Crippen molar-refractivity contribution in [2.45, 2.75) is 13.0 Å². The summed E-state index contributed by atoms with van der Waals surface area (Å²) in [7, 11) is 3.30. The van der Waals surface area contributed by atoms with Crippen molar-refractivity contribution >= 4 is 16.6 Å². The van der Waals surface area contributed by atoms with E-state index in [1.54, 1.807) is 14.2 Å². The predicted octanol–water partition coefficient (Wildman–Crippen LogP) is 1.72. The van der Waals surface area contributed by atoms with Gasteiger partial charge in [-0.05, 0) is 19.1 Å². The first-order chi connectivity index (χ1) is 11.7. The summed E-state index contributed by atoms with van der Waals surface area (Å²) in [6.45, 7) is 6.91. The van der Waals surface area contributed by atoms with Crippen molar-refractivity contribution in [3.63, 3.8) is 0 Å². The Morgan fingerprint density at radius 1 is 1.21 bits per heavy atom. The SMILES string of the molecule is COc1cc2nccc(N3CCN(CCN)C(C)C3)c2cc1OC. The van der Waals surface area contributed by atoms with Gasteiger partial charge in [-0.2, -0.15) is 0 Å². The smallest absolute Gasteiger partial charge is 0.162 e.